The molecule has 1 aromatic carbocycles. The van der Waals surface area contributed by atoms with Crippen LogP contribution in [0.4, 0.5) is 0 Å². The van der Waals surface area contributed by atoms with Crippen molar-refractivity contribution >= 4 is 17.2 Å². The van der Waals surface area contributed by atoms with Crippen LogP contribution in [0.1, 0.15) is 12.5 Å². The lowest BCUT2D eigenvalue weighted by Gasteiger charge is -2.22. The molecule has 0 saturated heterocycles. The van der Waals surface area contributed by atoms with Gasteiger partial charge in [-0.15, -0.1) is 0 Å². The summed E-state index contributed by atoms with van der Waals surface area (Å²) < 4.78 is 5.62. The van der Waals surface area contributed by atoms with Gasteiger partial charge >= 0.3 is 0 Å². The standard InChI is InChI=1S/C13H20N2O2S/c1-10(9-16)15(2)6-7-17-12-5-3-4-11(8-12)13(14)18/h3-5,8,10,16H,6-7,9H2,1-2H3,(H2,14,18). The SMILES string of the molecule is CC(CO)N(C)CCOc1cccc(C(N)=S)c1. The summed E-state index contributed by atoms with van der Waals surface area (Å²) in [7, 11) is 1.95. The van der Waals surface area contributed by atoms with Crippen LogP contribution in [0.5, 0.6) is 5.75 Å². The van der Waals surface area contributed by atoms with Crippen molar-refractivity contribution in [3.8, 4) is 5.75 Å². The van der Waals surface area contributed by atoms with Gasteiger partial charge in [-0.25, -0.2) is 0 Å². The number of nitrogens with zero attached hydrogens (tertiary/aromatic N) is 1. The minimum atomic E-state index is 0.136. The van der Waals surface area contributed by atoms with Gasteiger partial charge in [-0.1, -0.05) is 24.4 Å². The maximum Gasteiger partial charge on any atom is 0.120 e. The van der Waals surface area contributed by atoms with E-state index >= 15 is 0 Å². The van der Waals surface area contributed by atoms with Gasteiger partial charge in [0.15, 0.2) is 0 Å². The first-order valence-electron chi connectivity index (χ1n) is 5.88. The molecule has 18 heavy (non-hydrogen) atoms. The molecule has 1 atom stereocenters. The Kier molecular flexibility index (Phi) is 6.04. The normalized spacial score (nSPS) is 12.4. The van der Waals surface area contributed by atoms with Crippen LogP contribution in [0.2, 0.25) is 0 Å². The van der Waals surface area contributed by atoms with Crippen LogP contribution in [0.3, 0.4) is 0 Å². The van der Waals surface area contributed by atoms with Crippen molar-refractivity contribution in [1.29, 1.82) is 0 Å². The number of likely N-dealkylation sites (N-methyl/N-ethyl adjacent to an activating group) is 1. The molecule has 0 aliphatic rings. The smallest absolute Gasteiger partial charge is 0.120 e. The highest BCUT2D eigenvalue weighted by Gasteiger charge is 2.07. The minimum Gasteiger partial charge on any atom is -0.492 e. The molecule has 0 bridgehead atoms. The molecule has 100 valence electrons. The van der Waals surface area contributed by atoms with E-state index in [-0.39, 0.29) is 12.6 Å². The minimum absolute atomic E-state index is 0.136. The lowest BCUT2D eigenvalue weighted by atomic mass is 10.2. The van der Waals surface area contributed by atoms with E-state index in [9.17, 15) is 0 Å². The van der Waals surface area contributed by atoms with E-state index in [1.54, 1.807) is 0 Å². The van der Waals surface area contributed by atoms with E-state index in [0.717, 1.165) is 17.9 Å². The van der Waals surface area contributed by atoms with Crippen LogP contribution in [0.15, 0.2) is 24.3 Å². The summed E-state index contributed by atoms with van der Waals surface area (Å²) >= 11 is 4.91. The summed E-state index contributed by atoms with van der Waals surface area (Å²) in [4.78, 5) is 2.41. The maximum absolute atomic E-state index is 9.01. The second-order valence-electron chi connectivity index (χ2n) is 4.25. The van der Waals surface area contributed by atoms with E-state index in [4.69, 9.17) is 27.8 Å². The van der Waals surface area contributed by atoms with Crippen molar-refractivity contribution in [1.82, 2.24) is 4.90 Å². The van der Waals surface area contributed by atoms with E-state index in [1.807, 2.05) is 43.1 Å². The van der Waals surface area contributed by atoms with Gasteiger partial charge in [-0.2, -0.15) is 0 Å². The number of hydrogen-bond acceptors (Lipinski definition) is 4. The molecule has 0 radical (unpaired) electrons. The summed E-state index contributed by atoms with van der Waals surface area (Å²) in [6.45, 7) is 3.42. The third-order valence-electron chi connectivity index (χ3n) is 2.85. The number of aliphatic hydroxyl groups is 1. The maximum atomic E-state index is 9.01. The van der Waals surface area contributed by atoms with Gasteiger partial charge in [0.2, 0.25) is 0 Å². The summed E-state index contributed by atoms with van der Waals surface area (Å²) in [6, 6.07) is 7.56. The second-order valence-corrected chi connectivity index (χ2v) is 4.69. The molecule has 3 N–H and O–H groups in total. The van der Waals surface area contributed by atoms with Crippen LogP contribution < -0.4 is 10.5 Å². The number of nitrogens with two attached hydrogens (primary N) is 1. The molecule has 0 aliphatic carbocycles. The van der Waals surface area contributed by atoms with E-state index in [2.05, 4.69) is 0 Å². The third-order valence-corrected chi connectivity index (χ3v) is 3.08. The predicted molar refractivity (Wildman–Crippen MR) is 77.0 cm³/mol. The van der Waals surface area contributed by atoms with Gasteiger partial charge < -0.3 is 15.6 Å². The fourth-order valence-electron chi connectivity index (χ4n) is 1.41. The number of rotatable bonds is 7. The molecule has 0 saturated carbocycles. The zero-order chi connectivity index (χ0) is 13.5. The van der Waals surface area contributed by atoms with E-state index in [1.165, 1.54) is 0 Å². The number of hydrogen-bond donors (Lipinski definition) is 2. The number of aliphatic hydroxyl groups excluding tert-OH is 1. The van der Waals surface area contributed by atoms with Gasteiger partial charge in [-0.05, 0) is 26.1 Å². The van der Waals surface area contributed by atoms with Crippen molar-refractivity contribution in [2.24, 2.45) is 5.73 Å². The fourth-order valence-corrected chi connectivity index (χ4v) is 1.53. The lowest BCUT2D eigenvalue weighted by molar-refractivity contribution is 0.140. The van der Waals surface area contributed by atoms with Crippen molar-refractivity contribution in [2.45, 2.75) is 13.0 Å². The van der Waals surface area contributed by atoms with Crippen LogP contribution in [0.25, 0.3) is 0 Å². The highest BCUT2D eigenvalue weighted by molar-refractivity contribution is 7.80. The van der Waals surface area contributed by atoms with Crippen LogP contribution >= 0.6 is 12.2 Å². The molecule has 0 aliphatic heterocycles. The Morgan fingerprint density at radius 3 is 2.89 bits per heavy atom. The first-order valence-corrected chi connectivity index (χ1v) is 6.29. The Morgan fingerprint density at radius 1 is 1.56 bits per heavy atom. The Balaban J connectivity index is 2.44. The molecule has 0 fully saturated rings. The highest BCUT2D eigenvalue weighted by atomic mass is 32.1. The van der Waals surface area contributed by atoms with Crippen LogP contribution in [0, 0.1) is 0 Å². The van der Waals surface area contributed by atoms with Crippen molar-refractivity contribution < 1.29 is 9.84 Å². The van der Waals surface area contributed by atoms with Gasteiger partial charge in [0, 0.05) is 18.2 Å². The summed E-state index contributed by atoms with van der Waals surface area (Å²) in [5, 5.41) is 9.01. The van der Waals surface area contributed by atoms with Crippen LogP contribution in [-0.4, -0.2) is 47.8 Å². The Morgan fingerprint density at radius 2 is 2.28 bits per heavy atom. The van der Waals surface area contributed by atoms with Crippen molar-refractivity contribution in [3.63, 3.8) is 0 Å². The third kappa shape index (κ3) is 4.60. The fraction of sp³-hybridized carbons (Fsp3) is 0.462. The van der Waals surface area contributed by atoms with Crippen molar-refractivity contribution in [2.75, 3.05) is 26.8 Å². The monoisotopic (exact) mass is 268 g/mol. The predicted octanol–water partition coefficient (Wildman–Crippen LogP) is 1.01. The van der Waals surface area contributed by atoms with Crippen LogP contribution in [-0.2, 0) is 0 Å². The van der Waals surface area contributed by atoms with Gasteiger partial charge in [0.1, 0.15) is 17.3 Å². The lowest BCUT2D eigenvalue weighted by Crippen LogP contribution is -2.35. The van der Waals surface area contributed by atoms with Crippen molar-refractivity contribution in [3.05, 3.63) is 29.8 Å². The molecule has 1 rings (SSSR count). The molecule has 0 spiro atoms. The molecule has 1 aromatic rings. The topological polar surface area (TPSA) is 58.7 Å². The molecule has 4 nitrogen and oxygen atoms in total. The van der Waals surface area contributed by atoms with E-state index < -0.39 is 0 Å². The first kappa shape index (κ1) is 14.9. The molecule has 0 aromatic heterocycles. The van der Waals surface area contributed by atoms with Gasteiger partial charge in [0.25, 0.3) is 0 Å². The average molecular weight is 268 g/mol. The Hall–Kier alpha value is -1.17. The zero-order valence-corrected chi connectivity index (χ0v) is 11.6. The Labute approximate surface area is 113 Å². The number of thiocarbonyl (C=S) groups is 1. The quantitative estimate of drug-likeness (QED) is 0.723. The molecule has 0 heterocycles. The summed E-state index contributed by atoms with van der Waals surface area (Å²) in [6.07, 6.45) is 0. The van der Waals surface area contributed by atoms with Gasteiger partial charge in [0.05, 0.1) is 6.61 Å². The Bertz CT molecular complexity index is 398. The molecular weight excluding hydrogens is 248 g/mol. The average Bonchev–Trinajstić information content (AvgIpc) is 2.38. The zero-order valence-electron chi connectivity index (χ0n) is 10.8. The second kappa shape index (κ2) is 7.31. The molecule has 1 unspecified atom stereocenters. The first-order chi connectivity index (χ1) is 8.54. The number of ether oxygens (including phenoxy) is 1. The summed E-state index contributed by atoms with van der Waals surface area (Å²) in [5.74, 6) is 0.755. The highest BCUT2D eigenvalue weighted by Crippen LogP contribution is 2.13. The largest absolute Gasteiger partial charge is 0.492 e. The number of benzene rings is 1. The van der Waals surface area contributed by atoms with Gasteiger partial charge in [-0.3, -0.25) is 4.90 Å². The summed E-state index contributed by atoms with van der Waals surface area (Å²) in [5.41, 5.74) is 6.36. The van der Waals surface area contributed by atoms with E-state index in [0.29, 0.717) is 11.6 Å². The molecule has 5 heteroatoms. The molecule has 0 amide bonds. The molecular formula is C13H20N2O2S.